The van der Waals surface area contributed by atoms with Gasteiger partial charge in [0.25, 0.3) is 0 Å². The van der Waals surface area contributed by atoms with Crippen molar-refractivity contribution in [1.29, 1.82) is 0 Å². The zero-order valence-corrected chi connectivity index (χ0v) is 14.9. The third-order valence-corrected chi connectivity index (χ3v) is 5.88. The molecule has 1 fully saturated rings. The molecular formula is C19H18FN3O2S. The Bertz CT molecular complexity index is 961. The number of fused-ring (bicyclic) bond motifs is 1. The van der Waals surface area contributed by atoms with Gasteiger partial charge in [-0.1, -0.05) is 18.2 Å². The first-order chi connectivity index (χ1) is 12.6. The van der Waals surface area contributed by atoms with E-state index < -0.39 is 11.4 Å². The van der Waals surface area contributed by atoms with Crippen LogP contribution >= 0.6 is 11.3 Å². The molecule has 0 spiro atoms. The minimum atomic E-state index is -1.03. The molecule has 3 heterocycles. The molecule has 1 N–H and O–H groups in total. The fourth-order valence-corrected chi connectivity index (χ4v) is 4.47. The number of piperidine rings is 1. The first-order valence-corrected chi connectivity index (χ1v) is 9.37. The second-order valence-electron chi connectivity index (χ2n) is 6.72. The van der Waals surface area contributed by atoms with Crippen molar-refractivity contribution in [1.82, 2.24) is 9.97 Å². The summed E-state index contributed by atoms with van der Waals surface area (Å²) >= 11 is 1.53. The van der Waals surface area contributed by atoms with Gasteiger partial charge < -0.3 is 10.0 Å². The van der Waals surface area contributed by atoms with E-state index >= 15 is 0 Å². The van der Waals surface area contributed by atoms with E-state index in [1.807, 2.05) is 16.3 Å². The highest BCUT2D eigenvalue weighted by Crippen LogP contribution is 2.38. The average molecular weight is 371 g/mol. The van der Waals surface area contributed by atoms with Crippen LogP contribution in [-0.4, -0.2) is 34.1 Å². The molecule has 1 saturated heterocycles. The predicted octanol–water partition coefficient (Wildman–Crippen LogP) is 3.74. The molecule has 0 bridgehead atoms. The van der Waals surface area contributed by atoms with Crippen molar-refractivity contribution >= 4 is 33.3 Å². The van der Waals surface area contributed by atoms with Crippen LogP contribution in [0, 0.1) is 11.2 Å². The van der Waals surface area contributed by atoms with E-state index in [4.69, 9.17) is 0 Å². The largest absolute Gasteiger partial charge is 0.481 e. The van der Waals surface area contributed by atoms with Gasteiger partial charge in [-0.25, -0.2) is 14.4 Å². The third-order valence-electron chi connectivity index (χ3n) is 5.06. The Labute approximate surface area is 154 Å². The number of carbonyl (C=O) groups is 1. The number of halogens is 1. The number of hydrogen-bond acceptors (Lipinski definition) is 5. The lowest BCUT2D eigenvalue weighted by atomic mass is 9.75. The summed E-state index contributed by atoms with van der Waals surface area (Å²) < 4.78 is 14.1. The van der Waals surface area contributed by atoms with Gasteiger partial charge in [0.1, 0.15) is 22.8 Å². The maximum absolute atomic E-state index is 14.1. The summed E-state index contributed by atoms with van der Waals surface area (Å²) in [6.07, 6.45) is 2.92. The summed E-state index contributed by atoms with van der Waals surface area (Å²) in [7, 11) is 0. The van der Waals surface area contributed by atoms with E-state index in [0.717, 1.165) is 29.0 Å². The molecule has 1 atom stereocenters. The van der Waals surface area contributed by atoms with E-state index in [1.54, 1.807) is 18.2 Å². The van der Waals surface area contributed by atoms with Gasteiger partial charge in [0, 0.05) is 13.1 Å². The van der Waals surface area contributed by atoms with Crippen LogP contribution in [0.5, 0.6) is 0 Å². The Balaban J connectivity index is 1.69. The summed E-state index contributed by atoms with van der Waals surface area (Å²) in [5.41, 5.74) is -0.589. The fourth-order valence-electron chi connectivity index (χ4n) is 3.74. The van der Waals surface area contributed by atoms with Gasteiger partial charge in [0.05, 0.1) is 10.8 Å². The maximum atomic E-state index is 14.1. The Morgan fingerprint density at radius 2 is 2.15 bits per heavy atom. The molecule has 26 heavy (non-hydrogen) atoms. The number of anilines is 1. The summed E-state index contributed by atoms with van der Waals surface area (Å²) in [5.74, 6) is -0.483. The van der Waals surface area contributed by atoms with Crippen LogP contribution in [0.2, 0.25) is 0 Å². The molecule has 1 aliphatic heterocycles. The van der Waals surface area contributed by atoms with Gasteiger partial charge >= 0.3 is 5.97 Å². The second kappa shape index (κ2) is 6.64. The number of rotatable bonds is 4. The first-order valence-electron chi connectivity index (χ1n) is 8.49. The lowest BCUT2D eigenvalue weighted by Gasteiger charge is -2.40. The van der Waals surface area contributed by atoms with Crippen molar-refractivity contribution in [2.24, 2.45) is 5.41 Å². The number of nitrogens with zero attached hydrogens (tertiary/aromatic N) is 3. The zero-order valence-electron chi connectivity index (χ0n) is 14.1. The number of benzene rings is 1. The Hall–Kier alpha value is -2.54. The highest BCUT2D eigenvalue weighted by atomic mass is 32.1. The van der Waals surface area contributed by atoms with Crippen LogP contribution in [0.4, 0.5) is 10.2 Å². The molecule has 0 saturated carbocycles. The summed E-state index contributed by atoms with van der Waals surface area (Å²) in [4.78, 5) is 23.8. The highest BCUT2D eigenvalue weighted by molar-refractivity contribution is 7.16. The van der Waals surface area contributed by atoms with Crippen LogP contribution in [-0.2, 0) is 11.2 Å². The van der Waals surface area contributed by atoms with Crippen LogP contribution in [0.25, 0.3) is 10.2 Å². The minimum Gasteiger partial charge on any atom is -0.481 e. The Morgan fingerprint density at radius 3 is 2.96 bits per heavy atom. The smallest absolute Gasteiger partial charge is 0.311 e. The van der Waals surface area contributed by atoms with E-state index in [2.05, 4.69) is 9.97 Å². The molecule has 0 aliphatic carbocycles. The Morgan fingerprint density at radius 1 is 1.31 bits per heavy atom. The van der Waals surface area contributed by atoms with Gasteiger partial charge in [0.2, 0.25) is 0 Å². The van der Waals surface area contributed by atoms with Gasteiger partial charge in [-0.15, -0.1) is 11.3 Å². The molecule has 3 aromatic rings. The van der Waals surface area contributed by atoms with E-state index in [-0.39, 0.29) is 12.2 Å². The molecule has 2 aromatic heterocycles. The quantitative estimate of drug-likeness (QED) is 0.757. The van der Waals surface area contributed by atoms with Crippen LogP contribution in [0.3, 0.4) is 0 Å². The number of hydrogen-bond donors (Lipinski definition) is 1. The van der Waals surface area contributed by atoms with E-state index in [1.165, 1.54) is 23.7 Å². The first kappa shape index (κ1) is 16.9. The van der Waals surface area contributed by atoms with Crippen LogP contribution < -0.4 is 4.90 Å². The predicted molar refractivity (Wildman–Crippen MR) is 99.0 cm³/mol. The van der Waals surface area contributed by atoms with Crippen molar-refractivity contribution in [2.45, 2.75) is 19.3 Å². The molecule has 4 rings (SSSR count). The van der Waals surface area contributed by atoms with Crippen molar-refractivity contribution in [3.8, 4) is 0 Å². The number of aliphatic carboxylic acids is 1. The molecule has 0 unspecified atom stereocenters. The van der Waals surface area contributed by atoms with Gasteiger partial charge in [-0.2, -0.15) is 0 Å². The molecule has 7 heteroatoms. The summed E-state index contributed by atoms with van der Waals surface area (Å²) in [6.45, 7) is 1.03. The molecule has 0 amide bonds. The topological polar surface area (TPSA) is 66.3 Å². The van der Waals surface area contributed by atoms with Crippen LogP contribution in [0.15, 0.2) is 42.0 Å². The summed E-state index contributed by atoms with van der Waals surface area (Å²) in [6, 6.07) is 8.37. The molecule has 5 nitrogen and oxygen atoms in total. The number of carboxylic acid groups (broad SMARTS) is 1. The SMILES string of the molecule is O=C(O)[C@@]1(Cc2ccccc2F)CCCN(c2ncnc3sccc23)C1. The van der Waals surface area contributed by atoms with Gasteiger partial charge in [-0.3, -0.25) is 4.79 Å². The fraction of sp³-hybridized carbons (Fsp3) is 0.316. The molecular weight excluding hydrogens is 353 g/mol. The number of carboxylic acids is 1. The Kier molecular flexibility index (Phi) is 4.32. The third kappa shape index (κ3) is 2.92. The molecule has 1 aromatic carbocycles. The van der Waals surface area contributed by atoms with Crippen molar-refractivity contribution < 1.29 is 14.3 Å². The zero-order chi connectivity index (χ0) is 18.1. The highest BCUT2D eigenvalue weighted by Gasteiger charge is 2.43. The standard InChI is InChI=1S/C19H18FN3O2S/c20-15-5-2-1-4-13(15)10-19(18(24)25)7-3-8-23(11-19)16-14-6-9-26-17(14)22-12-21-16/h1-2,4-6,9,12H,3,7-8,10-11H2,(H,24,25)/t19-/m1/s1. The normalized spacial score (nSPS) is 20.4. The van der Waals surface area contributed by atoms with Gasteiger partial charge in [0.15, 0.2) is 0 Å². The van der Waals surface area contributed by atoms with E-state index in [0.29, 0.717) is 18.5 Å². The van der Waals surface area contributed by atoms with Crippen molar-refractivity contribution in [2.75, 3.05) is 18.0 Å². The van der Waals surface area contributed by atoms with Crippen LogP contribution in [0.1, 0.15) is 18.4 Å². The second-order valence-corrected chi connectivity index (χ2v) is 7.61. The lowest BCUT2D eigenvalue weighted by molar-refractivity contribution is -0.149. The number of aromatic nitrogens is 2. The summed E-state index contributed by atoms with van der Waals surface area (Å²) in [5, 5.41) is 12.9. The van der Waals surface area contributed by atoms with Crippen molar-refractivity contribution in [3.05, 3.63) is 53.4 Å². The molecule has 0 radical (unpaired) electrons. The maximum Gasteiger partial charge on any atom is 0.311 e. The average Bonchev–Trinajstić information content (AvgIpc) is 3.12. The minimum absolute atomic E-state index is 0.170. The number of thiophene rings is 1. The van der Waals surface area contributed by atoms with E-state index in [9.17, 15) is 14.3 Å². The lowest BCUT2D eigenvalue weighted by Crippen LogP contribution is -2.49. The van der Waals surface area contributed by atoms with Gasteiger partial charge in [-0.05, 0) is 42.3 Å². The van der Waals surface area contributed by atoms with Crippen molar-refractivity contribution in [3.63, 3.8) is 0 Å². The monoisotopic (exact) mass is 371 g/mol. The molecule has 1 aliphatic rings. The molecule has 134 valence electrons.